The van der Waals surface area contributed by atoms with Gasteiger partial charge in [-0.05, 0) is 38.5 Å². The van der Waals surface area contributed by atoms with Gasteiger partial charge in [0.25, 0.3) is 0 Å². The minimum atomic E-state index is -0.554. The highest BCUT2D eigenvalue weighted by atomic mass is 35.5. The Morgan fingerprint density at radius 2 is 1.86 bits per heavy atom. The largest absolute Gasteiger partial charge is 0.299 e. The topological polar surface area (TPSA) is 17.1 Å². The van der Waals surface area contributed by atoms with Gasteiger partial charge >= 0.3 is 0 Å². The van der Waals surface area contributed by atoms with Gasteiger partial charge in [0.15, 0.2) is 0 Å². The number of halogens is 2. The molecule has 0 atom stereocenters. The van der Waals surface area contributed by atoms with E-state index >= 15 is 0 Å². The Hall–Kier alpha value is -0.530. The Morgan fingerprint density at radius 3 is 2.29 bits per heavy atom. The molecule has 0 saturated carbocycles. The van der Waals surface area contributed by atoms with E-state index in [9.17, 15) is 4.79 Å². The van der Waals surface area contributed by atoms with Crippen LogP contribution in [-0.4, -0.2) is 5.78 Å². The van der Waals surface area contributed by atoms with Crippen molar-refractivity contribution in [1.82, 2.24) is 0 Å². The molecule has 0 aliphatic rings. The highest BCUT2D eigenvalue weighted by Gasteiger charge is 2.28. The summed E-state index contributed by atoms with van der Waals surface area (Å²) in [7, 11) is 0. The molecule has 0 unspecified atom stereocenters. The fourth-order valence-corrected chi connectivity index (χ4v) is 1.83. The number of hydrogen-bond donors (Lipinski definition) is 0. The maximum atomic E-state index is 11.4. The fourth-order valence-electron chi connectivity index (χ4n) is 1.19. The highest BCUT2D eigenvalue weighted by molar-refractivity contribution is 6.35. The summed E-state index contributed by atoms with van der Waals surface area (Å²) in [6, 6.07) is 5.20. The van der Waals surface area contributed by atoms with Crippen LogP contribution in [0.25, 0.3) is 0 Å². The zero-order chi connectivity index (χ0) is 10.9. The van der Waals surface area contributed by atoms with Crippen molar-refractivity contribution in [1.29, 1.82) is 0 Å². The van der Waals surface area contributed by atoms with Crippen molar-refractivity contribution in [2.24, 2.45) is 0 Å². The van der Waals surface area contributed by atoms with Crippen LogP contribution >= 0.6 is 23.2 Å². The molecule has 14 heavy (non-hydrogen) atoms. The van der Waals surface area contributed by atoms with Crippen LogP contribution in [0.4, 0.5) is 0 Å². The maximum absolute atomic E-state index is 11.4. The van der Waals surface area contributed by atoms with E-state index in [1.807, 2.05) is 13.8 Å². The molecule has 0 amide bonds. The first-order chi connectivity index (χ1) is 6.35. The van der Waals surface area contributed by atoms with Crippen LogP contribution in [0.1, 0.15) is 26.3 Å². The van der Waals surface area contributed by atoms with E-state index in [1.165, 1.54) is 0 Å². The molecule has 0 heterocycles. The molecule has 1 nitrogen and oxygen atoms in total. The Morgan fingerprint density at radius 1 is 1.29 bits per heavy atom. The molecule has 0 aromatic heterocycles. The molecule has 0 bridgehead atoms. The number of carbonyl (C=O) groups excluding carboxylic acids is 1. The maximum Gasteiger partial charge on any atom is 0.139 e. The first-order valence-electron chi connectivity index (χ1n) is 4.32. The number of Topliss-reactive ketones (excluding diaryl/α,β-unsaturated/α-hetero) is 1. The number of hydrogen-bond acceptors (Lipinski definition) is 1. The van der Waals surface area contributed by atoms with Crippen LogP contribution in [0.5, 0.6) is 0 Å². The minimum absolute atomic E-state index is 0.0849. The molecule has 0 aliphatic carbocycles. The van der Waals surface area contributed by atoms with Crippen molar-refractivity contribution < 1.29 is 4.79 Å². The van der Waals surface area contributed by atoms with Gasteiger partial charge in [0.05, 0.1) is 0 Å². The second-order valence-electron chi connectivity index (χ2n) is 3.81. The SMILES string of the molecule is CC(=O)C(C)(C)c1ccc(Cl)cc1Cl. The zero-order valence-corrected chi connectivity index (χ0v) is 9.91. The van der Waals surface area contributed by atoms with Crippen molar-refractivity contribution in [2.75, 3.05) is 0 Å². The predicted octanol–water partition coefficient (Wildman–Crippen LogP) is 3.86. The average Bonchev–Trinajstić information content (AvgIpc) is 2.02. The summed E-state index contributed by atoms with van der Waals surface area (Å²) in [6.45, 7) is 5.26. The normalized spacial score (nSPS) is 11.5. The first kappa shape index (κ1) is 11.5. The van der Waals surface area contributed by atoms with Crippen LogP contribution in [0.15, 0.2) is 18.2 Å². The molecular weight excluding hydrogens is 219 g/mol. The second-order valence-corrected chi connectivity index (χ2v) is 4.65. The van der Waals surface area contributed by atoms with Gasteiger partial charge in [0.1, 0.15) is 5.78 Å². The van der Waals surface area contributed by atoms with E-state index in [-0.39, 0.29) is 5.78 Å². The van der Waals surface area contributed by atoms with E-state index in [4.69, 9.17) is 23.2 Å². The van der Waals surface area contributed by atoms with Gasteiger partial charge in [0.2, 0.25) is 0 Å². The van der Waals surface area contributed by atoms with Gasteiger partial charge in [0, 0.05) is 15.5 Å². The molecule has 0 fully saturated rings. The minimum Gasteiger partial charge on any atom is -0.299 e. The molecule has 1 rings (SSSR count). The quantitative estimate of drug-likeness (QED) is 0.755. The third-order valence-electron chi connectivity index (χ3n) is 2.48. The molecule has 1 aromatic rings. The van der Waals surface area contributed by atoms with Crippen molar-refractivity contribution in [3.63, 3.8) is 0 Å². The summed E-state index contributed by atoms with van der Waals surface area (Å²) in [5.74, 6) is 0.0849. The lowest BCUT2D eigenvalue weighted by atomic mass is 9.81. The van der Waals surface area contributed by atoms with Gasteiger partial charge in [-0.3, -0.25) is 4.79 Å². The standard InChI is InChI=1S/C11H12Cl2O/c1-7(14)11(2,3)9-5-4-8(12)6-10(9)13/h4-6H,1-3H3. The fraction of sp³-hybridized carbons (Fsp3) is 0.364. The van der Waals surface area contributed by atoms with Crippen molar-refractivity contribution in [3.05, 3.63) is 33.8 Å². The molecule has 0 aliphatic heterocycles. The molecule has 1 aromatic carbocycles. The summed E-state index contributed by atoms with van der Waals surface area (Å²) < 4.78 is 0. The lowest BCUT2D eigenvalue weighted by Gasteiger charge is -2.22. The van der Waals surface area contributed by atoms with Crippen LogP contribution < -0.4 is 0 Å². The van der Waals surface area contributed by atoms with Gasteiger partial charge in [-0.1, -0.05) is 29.3 Å². The van der Waals surface area contributed by atoms with Crippen LogP contribution in [0.3, 0.4) is 0 Å². The number of carbonyl (C=O) groups is 1. The Balaban J connectivity index is 3.26. The third kappa shape index (κ3) is 2.10. The molecule has 76 valence electrons. The van der Waals surface area contributed by atoms with Crippen molar-refractivity contribution in [3.8, 4) is 0 Å². The first-order valence-corrected chi connectivity index (χ1v) is 5.08. The number of rotatable bonds is 2. The number of benzene rings is 1. The second kappa shape index (κ2) is 3.92. The zero-order valence-electron chi connectivity index (χ0n) is 8.40. The van der Waals surface area contributed by atoms with Crippen LogP contribution in [-0.2, 0) is 10.2 Å². The molecule has 3 heteroatoms. The molecular formula is C11H12Cl2O. The van der Waals surface area contributed by atoms with Crippen LogP contribution in [0.2, 0.25) is 10.0 Å². The van der Waals surface area contributed by atoms with Gasteiger partial charge in [-0.25, -0.2) is 0 Å². The Labute approximate surface area is 94.0 Å². The summed E-state index contributed by atoms with van der Waals surface area (Å²) in [6.07, 6.45) is 0. The van der Waals surface area contributed by atoms with Crippen LogP contribution in [0, 0.1) is 0 Å². The van der Waals surface area contributed by atoms with E-state index in [0.717, 1.165) is 5.56 Å². The predicted molar refractivity (Wildman–Crippen MR) is 60.2 cm³/mol. The number of ketones is 1. The van der Waals surface area contributed by atoms with Crippen molar-refractivity contribution in [2.45, 2.75) is 26.2 Å². The Kier molecular flexibility index (Phi) is 3.23. The Bertz CT molecular complexity index is 370. The van der Waals surface area contributed by atoms with Gasteiger partial charge in [-0.2, -0.15) is 0 Å². The summed E-state index contributed by atoms with van der Waals surface area (Å²) >= 11 is 11.8. The molecule has 0 N–H and O–H groups in total. The van der Waals surface area contributed by atoms with Gasteiger partial charge < -0.3 is 0 Å². The van der Waals surface area contributed by atoms with Crippen molar-refractivity contribution >= 4 is 29.0 Å². The van der Waals surface area contributed by atoms with E-state index in [2.05, 4.69) is 0 Å². The summed E-state index contributed by atoms with van der Waals surface area (Å²) in [5, 5.41) is 1.12. The molecule has 0 saturated heterocycles. The third-order valence-corrected chi connectivity index (χ3v) is 3.03. The average molecular weight is 231 g/mol. The van der Waals surface area contributed by atoms with Gasteiger partial charge in [-0.15, -0.1) is 0 Å². The smallest absolute Gasteiger partial charge is 0.139 e. The van der Waals surface area contributed by atoms with E-state index in [0.29, 0.717) is 10.0 Å². The van der Waals surface area contributed by atoms with E-state index in [1.54, 1.807) is 25.1 Å². The molecule has 0 radical (unpaired) electrons. The summed E-state index contributed by atoms with van der Waals surface area (Å²) in [4.78, 5) is 11.4. The lowest BCUT2D eigenvalue weighted by Crippen LogP contribution is -2.26. The lowest BCUT2D eigenvalue weighted by molar-refractivity contribution is -0.121. The highest BCUT2D eigenvalue weighted by Crippen LogP contribution is 2.32. The van der Waals surface area contributed by atoms with E-state index < -0.39 is 5.41 Å². The monoisotopic (exact) mass is 230 g/mol. The molecule has 0 spiro atoms. The summed E-state index contributed by atoms with van der Waals surface area (Å²) in [5.41, 5.74) is 0.262.